The van der Waals surface area contributed by atoms with Crippen LogP contribution in [0, 0.1) is 0 Å². The van der Waals surface area contributed by atoms with Crippen LogP contribution in [0.3, 0.4) is 0 Å². The Hall–Kier alpha value is -4.69. The molecule has 2 heterocycles. The average Bonchev–Trinajstić information content (AvgIpc) is 3.40. The average molecular weight is 505 g/mol. The number of pyridine rings is 1. The van der Waals surface area contributed by atoms with E-state index >= 15 is 0 Å². The second kappa shape index (κ2) is 10.2. The molecule has 190 valence electrons. The monoisotopic (exact) mass is 504 g/mol. The summed E-state index contributed by atoms with van der Waals surface area (Å²) in [5.74, 6) is 0. The van der Waals surface area contributed by atoms with Crippen molar-refractivity contribution in [1.29, 1.82) is 0 Å². The smallest absolute Gasteiger partial charge is 0.146 e. The van der Waals surface area contributed by atoms with Crippen LogP contribution in [0.15, 0.2) is 121 Å². The number of hydrogen-bond acceptors (Lipinski definition) is 1. The van der Waals surface area contributed by atoms with E-state index in [1.807, 2.05) is 13.8 Å². The van der Waals surface area contributed by atoms with Crippen molar-refractivity contribution < 1.29 is 0 Å². The van der Waals surface area contributed by atoms with Crippen molar-refractivity contribution in [2.24, 2.45) is 0 Å². The van der Waals surface area contributed by atoms with E-state index in [1.54, 1.807) is 0 Å². The van der Waals surface area contributed by atoms with Crippen molar-refractivity contribution in [3.8, 4) is 11.1 Å². The number of imidazole rings is 1. The summed E-state index contributed by atoms with van der Waals surface area (Å²) in [5, 5.41) is 6.13. The fourth-order valence-electron chi connectivity index (χ4n) is 5.62. The zero-order chi connectivity index (χ0) is 26.9. The molecule has 0 saturated heterocycles. The first-order chi connectivity index (χ1) is 19.2. The van der Waals surface area contributed by atoms with E-state index < -0.39 is 0 Å². The number of allylic oxidation sites excluding steroid dienone is 4. The van der Waals surface area contributed by atoms with Crippen LogP contribution in [0.1, 0.15) is 33.3 Å². The number of para-hydroxylation sites is 2. The van der Waals surface area contributed by atoms with Gasteiger partial charge < -0.3 is 0 Å². The van der Waals surface area contributed by atoms with Crippen molar-refractivity contribution in [2.75, 3.05) is 0 Å². The number of nitrogens with zero attached hydrogens (tertiary/aromatic N) is 2. The molecule has 2 heteroatoms. The van der Waals surface area contributed by atoms with E-state index in [1.165, 1.54) is 54.7 Å². The van der Waals surface area contributed by atoms with Crippen LogP contribution in [0.4, 0.5) is 0 Å². The van der Waals surface area contributed by atoms with Crippen LogP contribution in [0.2, 0.25) is 0 Å². The molecule has 2 aromatic heterocycles. The van der Waals surface area contributed by atoms with Gasteiger partial charge >= 0.3 is 0 Å². The Morgan fingerprint density at radius 3 is 2.03 bits per heavy atom. The zero-order valence-corrected chi connectivity index (χ0v) is 22.9. The van der Waals surface area contributed by atoms with E-state index in [0.29, 0.717) is 0 Å². The Labute approximate surface area is 229 Å². The van der Waals surface area contributed by atoms with Gasteiger partial charge in [-0.1, -0.05) is 98.8 Å². The molecule has 0 bridgehead atoms. The van der Waals surface area contributed by atoms with Gasteiger partial charge in [0.05, 0.1) is 16.6 Å². The summed E-state index contributed by atoms with van der Waals surface area (Å²) in [6.45, 7) is 8.14. The highest BCUT2D eigenvalue weighted by atomic mass is 15.0. The molecule has 7 rings (SSSR count). The maximum Gasteiger partial charge on any atom is 0.146 e. The fourth-order valence-corrected chi connectivity index (χ4v) is 5.62. The highest BCUT2D eigenvalue weighted by Gasteiger charge is 2.15. The molecular weight excluding hydrogens is 472 g/mol. The first kappa shape index (κ1) is 24.6. The highest BCUT2D eigenvalue weighted by molar-refractivity contribution is 6.18. The molecule has 0 aliphatic carbocycles. The molecular formula is C37H32N2. The molecule has 0 N–H and O–H groups in total. The van der Waals surface area contributed by atoms with Crippen LogP contribution in [-0.4, -0.2) is 9.38 Å². The molecule has 0 aliphatic rings. The minimum Gasteiger partial charge on any atom is -0.292 e. The van der Waals surface area contributed by atoms with E-state index in [9.17, 15) is 0 Å². The topological polar surface area (TPSA) is 17.3 Å². The minimum absolute atomic E-state index is 1.01. The molecule has 0 amide bonds. The van der Waals surface area contributed by atoms with Crippen LogP contribution >= 0.6 is 0 Å². The molecule has 5 aromatic carbocycles. The lowest BCUT2D eigenvalue weighted by Gasteiger charge is -2.13. The van der Waals surface area contributed by atoms with Gasteiger partial charge in [-0.05, 0) is 88.7 Å². The summed E-state index contributed by atoms with van der Waals surface area (Å²) in [4.78, 5) is 5.08. The first-order valence-corrected chi connectivity index (χ1v) is 13.8. The molecule has 0 saturated carbocycles. The number of benzene rings is 5. The minimum atomic E-state index is 1.01. The van der Waals surface area contributed by atoms with Gasteiger partial charge in [0.15, 0.2) is 0 Å². The summed E-state index contributed by atoms with van der Waals surface area (Å²) in [6.07, 6.45) is 6.40. The third-order valence-corrected chi connectivity index (χ3v) is 7.42. The lowest BCUT2D eigenvalue weighted by atomic mass is 9.96. The van der Waals surface area contributed by atoms with Crippen molar-refractivity contribution in [3.63, 3.8) is 0 Å². The lowest BCUT2D eigenvalue weighted by molar-refractivity contribution is 1.32. The fraction of sp³-hybridized carbons (Fsp3) is 0.108. The second-order valence-electron chi connectivity index (χ2n) is 9.56. The SMILES string of the molecule is C/C=C\C(=C/C)c1ccc(-c2ccc3c(c2)c2cc4ccccc4cc2c2nc4ccccc4n32)cc1.CC. The number of aromatic nitrogens is 2. The Morgan fingerprint density at radius 2 is 1.31 bits per heavy atom. The first-order valence-electron chi connectivity index (χ1n) is 13.8. The summed E-state index contributed by atoms with van der Waals surface area (Å²) >= 11 is 0. The van der Waals surface area contributed by atoms with E-state index in [4.69, 9.17) is 4.98 Å². The summed E-state index contributed by atoms with van der Waals surface area (Å²) in [5.41, 5.74) is 9.23. The number of hydrogen-bond donors (Lipinski definition) is 0. The third-order valence-electron chi connectivity index (χ3n) is 7.42. The van der Waals surface area contributed by atoms with Crippen LogP contribution in [-0.2, 0) is 0 Å². The summed E-state index contributed by atoms with van der Waals surface area (Å²) < 4.78 is 2.32. The second-order valence-corrected chi connectivity index (χ2v) is 9.56. The largest absolute Gasteiger partial charge is 0.292 e. The Bertz CT molecular complexity index is 2040. The van der Waals surface area contributed by atoms with Gasteiger partial charge in [-0.15, -0.1) is 0 Å². The van der Waals surface area contributed by atoms with Gasteiger partial charge in [-0.25, -0.2) is 4.98 Å². The molecule has 0 fully saturated rings. The quantitative estimate of drug-likeness (QED) is 0.133. The molecule has 39 heavy (non-hydrogen) atoms. The predicted molar refractivity (Wildman–Crippen MR) is 170 cm³/mol. The molecule has 0 spiro atoms. The van der Waals surface area contributed by atoms with E-state index in [-0.39, 0.29) is 0 Å². The van der Waals surface area contributed by atoms with Crippen LogP contribution < -0.4 is 0 Å². The molecule has 0 radical (unpaired) electrons. The lowest BCUT2D eigenvalue weighted by Crippen LogP contribution is -1.93. The molecule has 0 aliphatic heterocycles. The van der Waals surface area contributed by atoms with Gasteiger partial charge in [0, 0.05) is 10.8 Å². The van der Waals surface area contributed by atoms with E-state index in [0.717, 1.165) is 16.7 Å². The van der Waals surface area contributed by atoms with Gasteiger partial charge in [-0.3, -0.25) is 4.40 Å². The van der Waals surface area contributed by atoms with Crippen molar-refractivity contribution in [1.82, 2.24) is 9.38 Å². The molecule has 7 aromatic rings. The zero-order valence-electron chi connectivity index (χ0n) is 22.9. The van der Waals surface area contributed by atoms with Crippen LogP contribution in [0.25, 0.3) is 65.8 Å². The Kier molecular flexibility index (Phi) is 6.46. The normalized spacial score (nSPS) is 12.2. The standard InChI is InChI=1S/C35H26N2.C2H6/c1-3-9-23(4-2)24-14-16-25(17-15-24)28-18-19-33-30(21-28)29-20-26-10-5-6-11-27(26)22-31(29)35-36-32-12-7-8-13-34(32)37(33)35;1-2/h3-22H,1-2H3;1-2H3/b9-3-,23-4+;. The Morgan fingerprint density at radius 1 is 0.641 bits per heavy atom. The maximum absolute atomic E-state index is 5.08. The van der Waals surface area contributed by atoms with Gasteiger partial charge in [0.2, 0.25) is 0 Å². The molecule has 0 unspecified atom stereocenters. The highest BCUT2D eigenvalue weighted by Crippen LogP contribution is 2.37. The van der Waals surface area contributed by atoms with Crippen molar-refractivity contribution >= 4 is 54.7 Å². The molecule has 2 nitrogen and oxygen atoms in total. The van der Waals surface area contributed by atoms with Gasteiger partial charge in [0.1, 0.15) is 5.65 Å². The maximum atomic E-state index is 5.08. The third kappa shape index (κ3) is 4.09. The number of fused-ring (bicyclic) bond motifs is 9. The van der Waals surface area contributed by atoms with Crippen molar-refractivity contribution in [2.45, 2.75) is 27.7 Å². The van der Waals surface area contributed by atoms with Gasteiger partial charge in [-0.2, -0.15) is 0 Å². The van der Waals surface area contributed by atoms with Crippen molar-refractivity contribution in [3.05, 3.63) is 127 Å². The summed E-state index contributed by atoms with van der Waals surface area (Å²) in [6, 6.07) is 37.4. The van der Waals surface area contributed by atoms with E-state index in [2.05, 4.69) is 140 Å². The Balaban J connectivity index is 0.00000135. The number of rotatable bonds is 3. The summed E-state index contributed by atoms with van der Waals surface area (Å²) in [7, 11) is 0. The molecule has 0 atom stereocenters. The van der Waals surface area contributed by atoms with Crippen LogP contribution in [0.5, 0.6) is 0 Å². The van der Waals surface area contributed by atoms with Gasteiger partial charge in [0.25, 0.3) is 0 Å². The predicted octanol–water partition coefficient (Wildman–Crippen LogP) is 10.6.